The lowest BCUT2D eigenvalue weighted by molar-refractivity contribution is 0.102. The van der Waals surface area contributed by atoms with E-state index in [0.29, 0.717) is 23.7 Å². The van der Waals surface area contributed by atoms with Crippen molar-refractivity contribution >= 4 is 11.6 Å². The lowest BCUT2D eigenvalue weighted by atomic mass is 10.1. The van der Waals surface area contributed by atoms with Gasteiger partial charge in [-0.3, -0.25) is 9.89 Å². The number of aromatic amines is 1. The fourth-order valence-electron chi connectivity index (χ4n) is 2.52. The predicted octanol–water partition coefficient (Wildman–Crippen LogP) is 2.09. The van der Waals surface area contributed by atoms with Crippen LogP contribution in [0.5, 0.6) is 5.75 Å². The third kappa shape index (κ3) is 2.96. The number of hydrogen-bond donors (Lipinski definition) is 3. The number of nitrogens with zero attached hydrogens (tertiary/aromatic N) is 1. The van der Waals surface area contributed by atoms with Crippen LogP contribution in [0.1, 0.15) is 35.6 Å². The Morgan fingerprint density at radius 3 is 3.00 bits per heavy atom. The van der Waals surface area contributed by atoms with Gasteiger partial charge in [0, 0.05) is 30.8 Å². The zero-order valence-corrected chi connectivity index (χ0v) is 12.8. The Kier molecular flexibility index (Phi) is 4.11. The highest BCUT2D eigenvalue weighted by Crippen LogP contribution is 2.26. The van der Waals surface area contributed by atoms with Crippen molar-refractivity contribution < 1.29 is 9.53 Å². The van der Waals surface area contributed by atoms with Gasteiger partial charge in [0.05, 0.1) is 11.8 Å². The van der Waals surface area contributed by atoms with Crippen LogP contribution in [0.4, 0.5) is 5.69 Å². The summed E-state index contributed by atoms with van der Waals surface area (Å²) in [7, 11) is 0. The fourth-order valence-corrected chi connectivity index (χ4v) is 2.52. The van der Waals surface area contributed by atoms with Crippen LogP contribution < -0.4 is 15.4 Å². The molecule has 1 aliphatic heterocycles. The van der Waals surface area contributed by atoms with Gasteiger partial charge >= 0.3 is 0 Å². The molecule has 22 heavy (non-hydrogen) atoms. The summed E-state index contributed by atoms with van der Waals surface area (Å²) in [6.07, 6.45) is 0.906. The first-order chi connectivity index (χ1) is 10.6. The van der Waals surface area contributed by atoms with Crippen molar-refractivity contribution in [3.05, 3.63) is 41.2 Å². The van der Waals surface area contributed by atoms with Crippen LogP contribution >= 0.6 is 0 Å². The average Bonchev–Trinajstić information content (AvgIpc) is 2.93. The molecule has 0 bridgehead atoms. The maximum absolute atomic E-state index is 12.5. The molecule has 3 N–H and O–H groups in total. The van der Waals surface area contributed by atoms with E-state index in [0.717, 1.165) is 24.2 Å². The number of anilines is 1. The number of H-pyrrole nitrogens is 1. The first-order valence-electron chi connectivity index (χ1n) is 7.49. The molecule has 0 unspecified atom stereocenters. The third-order valence-corrected chi connectivity index (χ3v) is 3.52. The summed E-state index contributed by atoms with van der Waals surface area (Å²) in [5, 5.41) is 13.3. The first kappa shape index (κ1) is 14.6. The molecule has 3 rings (SSSR count). The molecule has 1 aromatic carbocycles. The normalized spacial score (nSPS) is 13.8. The van der Waals surface area contributed by atoms with Crippen molar-refractivity contribution in [2.45, 2.75) is 32.9 Å². The Bertz CT molecular complexity index is 679. The van der Waals surface area contributed by atoms with Gasteiger partial charge in [0.15, 0.2) is 5.69 Å². The lowest BCUT2D eigenvalue weighted by Gasteiger charge is -2.15. The van der Waals surface area contributed by atoms with Gasteiger partial charge in [-0.15, -0.1) is 0 Å². The smallest absolute Gasteiger partial charge is 0.276 e. The van der Waals surface area contributed by atoms with Crippen molar-refractivity contribution in [1.29, 1.82) is 0 Å². The molecule has 2 aromatic rings. The van der Waals surface area contributed by atoms with Crippen LogP contribution in [0.25, 0.3) is 0 Å². The number of hydrogen-bond acceptors (Lipinski definition) is 4. The maximum atomic E-state index is 12.5. The quantitative estimate of drug-likeness (QED) is 0.808. The van der Waals surface area contributed by atoms with Crippen LogP contribution in [0.15, 0.2) is 24.3 Å². The molecule has 1 aliphatic rings. The highest BCUT2D eigenvalue weighted by atomic mass is 16.5. The van der Waals surface area contributed by atoms with Gasteiger partial charge < -0.3 is 15.4 Å². The van der Waals surface area contributed by atoms with Gasteiger partial charge in [0.25, 0.3) is 5.91 Å². The number of fused-ring (bicyclic) bond motifs is 1. The van der Waals surface area contributed by atoms with Gasteiger partial charge in [0.1, 0.15) is 5.75 Å². The summed E-state index contributed by atoms with van der Waals surface area (Å²) in [6.45, 7) is 5.47. The Hall–Kier alpha value is -2.34. The minimum Gasteiger partial charge on any atom is -0.489 e. The topological polar surface area (TPSA) is 79.0 Å². The van der Waals surface area contributed by atoms with Crippen LogP contribution in [0.2, 0.25) is 0 Å². The zero-order valence-electron chi connectivity index (χ0n) is 12.8. The number of carbonyl (C=O) groups excluding carboxylic acids is 1. The van der Waals surface area contributed by atoms with Crippen LogP contribution in [-0.4, -0.2) is 28.8 Å². The van der Waals surface area contributed by atoms with Crippen molar-refractivity contribution in [2.75, 3.05) is 11.9 Å². The van der Waals surface area contributed by atoms with E-state index in [1.165, 1.54) is 0 Å². The molecule has 116 valence electrons. The highest BCUT2D eigenvalue weighted by molar-refractivity contribution is 6.04. The Balaban J connectivity index is 1.81. The van der Waals surface area contributed by atoms with E-state index >= 15 is 0 Å². The second kappa shape index (κ2) is 6.19. The number of amides is 1. The van der Waals surface area contributed by atoms with Gasteiger partial charge in [-0.2, -0.15) is 5.10 Å². The summed E-state index contributed by atoms with van der Waals surface area (Å²) >= 11 is 0. The molecule has 0 saturated heterocycles. The second-order valence-electron chi connectivity index (χ2n) is 5.57. The summed E-state index contributed by atoms with van der Waals surface area (Å²) in [4.78, 5) is 12.5. The molecule has 0 radical (unpaired) electrons. The number of ether oxygens (including phenoxy) is 1. The molecule has 2 heterocycles. The summed E-state index contributed by atoms with van der Waals surface area (Å²) < 4.78 is 5.72. The monoisotopic (exact) mass is 300 g/mol. The van der Waals surface area contributed by atoms with E-state index in [4.69, 9.17) is 4.74 Å². The number of para-hydroxylation sites is 2. The molecule has 6 nitrogen and oxygen atoms in total. The molecule has 0 spiro atoms. The summed E-state index contributed by atoms with van der Waals surface area (Å²) in [6, 6.07) is 7.42. The van der Waals surface area contributed by atoms with Gasteiger partial charge in [-0.1, -0.05) is 12.1 Å². The van der Waals surface area contributed by atoms with Gasteiger partial charge in [0.2, 0.25) is 0 Å². The predicted molar refractivity (Wildman–Crippen MR) is 84.2 cm³/mol. The van der Waals surface area contributed by atoms with E-state index < -0.39 is 0 Å². The fraction of sp³-hybridized carbons (Fsp3) is 0.375. The van der Waals surface area contributed by atoms with E-state index in [9.17, 15) is 4.79 Å². The summed E-state index contributed by atoms with van der Waals surface area (Å²) in [5.41, 5.74) is 3.09. The Morgan fingerprint density at radius 2 is 2.18 bits per heavy atom. The van der Waals surface area contributed by atoms with Crippen molar-refractivity contribution in [1.82, 2.24) is 15.5 Å². The number of aromatic nitrogens is 2. The van der Waals surface area contributed by atoms with E-state index in [1.807, 2.05) is 38.1 Å². The van der Waals surface area contributed by atoms with Gasteiger partial charge in [-0.05, 0) is 26.0 Å². The molecule has 1 aromatic heterocycles. The van der Waals surface area contributed by atoms with Crippen LogP contribution in [0, 0.1) is 0 Å². The molecule has 0 fully saturated rings. The highest BCUT2D eigenvalue weighted by Gasteiger charge is 2.22. The van der Waals surface area contributed by atoms with Crippen LogP contribution in [0.3, 0.4) is 0 Å². The van der Waals surface area contributed by atoms with Crippen molar-refractivity contribution in [3.63, 3.8) is 0 Å². The first-order valence-corrected chi connectivity index (χ1v) is 7.49. The Morgan fingerprint density at radius 1 is 1.36 bits per heavy atom. The van der Waals surface area contributed by atoms with Gasteiger partial charge in [-0.25, -0.2) is 0 Å². The molecular weight excluding hydrogens is 280 g/mol. The zero-order chi connectivity index (χ0) is 15.5. The number of carbonyl (C=O) groups is 1. The lowest BCUT2D eigenvalue weighted by Crippen LogP contribution is -2.25. The minimum atomic E-state index is -0.221. The SMILES string of the molecule is CC(C)Oc1ccccc1NC(=O)c1n[nH]c2c1CNCC2. The largest absolute Gasteiger partial charge is 0.489 e. The van der Waals surface area contributed by atoms with Crippen molar-refractivity contribution in [2.24, 2.45) is 0 Å². The maximum Gasteiger partial charge on any atom is 0.276 e. The second-order valence-corrected chi connectivity index (χ2v) is 5.57. The molecule has 0 aliphatic carbocycles. The number of benzene rings is 1. The molecule has 0 atom stereocenters. The molecule has 1 amide bonds. The van der Waals surface area contributed by atoms with E-state index in [-0.39, 0.29) is 12.0 Å². The molecule has 0 saturated carbocycles. The number of nitrogens with one attached hydrogen (secondary N) is 3. The Labute approximate surface area is 129 Å². The molecule has 6 heteroatoms. The molecular formula is C16H20N4O2. The van der Waals surface area contributed by atoms with Crippen LogP contribution in [-0.2, 0) is 13.0 Å². The third-order valence-electron chi connectivity index (χ3n) is 3.52. The standard InChI is InChI=1S/C16H20N4O2/c1-10(2)22-14-6-4-3-5-13(14)18-16(21)15-11-9-17-8-7-12(11)19-20-15/h3-6,10,17H,7-9H2,1-2H3,(H,18,21)(H,19,20). The average molecular weight is 300 g/mol. The number of rotatable bonds is 4. The van der Waals surface area contributed by atoms with Crippen molar-refractivity contribution in [3.8, 4) is 5.75 Å². The summed E-state index contributed by atoms with van der Waals surface area (Å²) in [5.74, 6) is 0.439. The van der Waals surface area contributed by atoms with E-state index in [2.05, 4.69) is 20.8 Å². The minimum absolute atomic E-state index is 0.0420. The van der Waals surface area contributed by atoms with E-state index in [1.54, 1.807) is 0 Å².